The molecule has 2 saturated heterocycles. The fourth-order valence-corrected chi connectivity index (χ4v) is 1.99. The van der Waals surface area contributed by atoms with Gasteiger partial charge in [-0.05, 0) is 6.42 Å². The van der Waals surface area contributed by atoms with Gasteiger partial charge in [0, 0.05) is 18.5 Å². The van der Waals surface area contributed by atoms with Crippen molar-refractivity contribution in [3.63, 3.8) is 0 Å². The molecule has 2 N–H and O–H groups in total. The Morgan fingerprint density at radius 3 is 3.08 bits per heavy atom. The largest absolute Gasteiger partial charge is 0.481 e. The normalized spacial score (nSPS) is 40.8. The van der Waals surface area contributed by atoms with Crippen LogP contribution in [0.25, 0.3) is 0 Å². The maximum absolute atomic E-state index is 10.7. The van der Waals surface area contributed by atoms with E-state index in [1.165, 1.54) is 0 Å². The lowest BCUT2D eigenvalue weighted by Crippen LogP contribution is -2.46. The van der Waals surface area contributed by atoms with Crippen molar-refractivity contribution < 1.29 is 14.6 Å². The van der Waals surface area contributed by atoms with Crippen LogP contribution >= 0.6 is 0 Å². The third kappa shape index (κ3) is 1.32. The molecule has 0 aromatic carbocycles. The Balaban J connectivity index is 1.96. The van der Waals surface area contributed by atoms with Crippen molar-refractivity contribution in [1.29, 1.82) is 0 Å². The molecule has 12 heavy (non-hydrogen) atoms. The highest BCUT2D eigenvalue weighted by Crippen LogP contribution is 2.26. The van der Waals surface area contributed by atoms with E-state index in [1.807, 2.05) is 0 Å². The molecule has 68 valence electrons. The van der Waals surface area contributed by atoms with Crippen molar-refractivity contribution in [1.82, 2.24) is 5.32 Å². The molecular weight excluding hydrogens is 158 g/mol. The minimum atomic E-state index is -0.687. The van der Waals surface area contributed by atoms with Crippen molar-refractivity contribution in [3.05, 3.63) is 0 Å². The van der Waals surface area contributed by atoms with E-state index in [0.717, 1.165) is 19.6 Å². The first-order valence-corrected chi connectivity index (χ1v) is 4.31. The van der Waals surface area contributed by atoms with E-state index in [0.29, 0.717) is 18.5 Å². The highest BCUT2D eigenvalue weighted by atomic mass is 16.5. The van der Waals surface area contributed by atoms with Gasteiger partial charge in [-0.15, -0.1) is 0 Å². The van der Waals surface area contributed by atoms with Gasteiger partial charge in [0.25, 0.3) is 0 Å². The fraction of sp³-hybridized carbons (Fsp3) is 0.875. The van der Waals surface area contributed by atoms with Crippen LogP contribution in [0.15, 0.2) is 0 Å². The summed E-state index contributed by atoms with van der Waals surface area (Å²) in [7, 11) is 0. The number of rotatable bonds is 1. The summed E-state index contributed by atoms with van der Waals surface area (Å²) >= 11 is 0. The first-order chi connectivity index (χ1) is 5.77. The molecule has 0 aliphatic carbocycles. The van der Waals surface area contributed by atoms with Crippen LogP contribution in [-0.2, 0) is 9.53 Å². The summed E-state index contributed by atoms with van der Waals surface area (Å²) in [5.74, 6) is -0.486. The molecule has 0 spiro atoms. The van der Waals surface area contributed by atoms with Gasteiger partial charge in [-0.1, -0.05) is 0 Å². The standard InChI is InChI=1S/C8H13NO3/c10-8(11)5-1-6-3-12-4-7(6)9-2-5/h5-7,9H,1-4H2,(H,10,11). The van der Waals surface area contributed by atoms with E-state index < -0.39 is 5.97 Å². The van der Waals surface area contributed by atoms with Crippen LogP contribution in [0, 0.1) is 11.8 Å². The van der Waals surface area contributed by atoms with Crippen LogP contribution in [-0.4, -0.2) is 36.9 Å². The van der Waals surface area contributed by atoms with Gasteiger partial charge in [-0.3, -0.25) is 4.79 Å². The fourth-order valence-electron chi connectivity index (χ4n) is 1.99. The Morgan fingerprint density at radius 2 is 2.33 bits per heavy atom. The summed E-state index contributed by atoms with van der Waals surface area (Å²) in [6.45, 7) is 2.07. The number of fused-ring (bicyclic) bond motifs is 1. The second-order valence-electron chi connectivity index (χ2n) is 3.58. The zero-order valence-corrected chi connectivity index (χ0v) is 6.82. The Morgan fingerprint density at radius 1 is 1.50 bits per heavy atom. The van der Waals surface area contributed by atoms with Gasteiger partial charge in [0.15, 0.2) is 0 Å². The minimum absolute atomic E-state index is 0.215. The zero-order chi connectivity index (χ0) is 8.55. The quantitative estimate of drug-likeness (QED) is 0.568. The van der Waals surface area contributed by atoms with Crippen molar-refractivity contribution in [2.75, 3.05) is 19.8 Å². The van der Waals surface area contributed by atoms with Gasteiger partial charge in [-0.25, -0.2) is 0 Å². The summed E-state index contributed by atoms with van der Waals surface area (Å²) in [5.41, 5.74) is 0. The number of carbonyl (C=O) groups is 1. The molecule has 0 amide bonds. The number of carboxylic acids is 1. The molecular formula is C8H13NO3. The maximum atomic E-state index is 10.7. The van der Waals surface area contributed by atoms with Gasteiger partial charge in [-0.2, -0.15) is 0 Å². The lowest BCUT2D eigenvalue weighted by molar-refractivity contribution is -0.142. The zero-order valence-electron chi connectivity index (χ0n) is 6.82. The second kappa shape index (κ2) is 3.03. The van der Waals surface area contributed by atoms with Crippen LogP contribution in [0.5, 0.6) is 0 Å². The van der Waals surface area contributed by atoms with Gasteiger partial charge < -0.3 is 15.2 Å². The van der Waals surface area contributed by atoms with E-state index in [-0.39, 0.29) is 5.92 Å². The van der Waals surface area contributed by atoms with Crippen LogP contribution in [0.3, 0.4) is 0 Å². The molecule has 0 bridgehead atoms. The Labute approximate surface area is 70.9 Å². The average molecular weight is 171 g/mol. The van der Waals surface area contributed by atoms with Crippen molar-refractivity contribution >= 4 is 5.97 Å². The van der Waals surface area contributed by atoms with E-state index in [9.17, 15) is 4.79 Å². The van der Waals surface area contributed by atoms with Crippen molar-refractivity contribution in [2.24, 2.45) is 11.8 Å². The average Bonchev–Trinajstić information content (AvgIpc) is 2.49. The van der Waals surface area contributed by atoms with Gasteiger partial charge >= 0.3 is 5.97 Å². The second-order valence-corrected chi connectivity index (χ2v) is 3.58. The summed E-state index contributed by atoms with van der Waals surface area (Å²) in [4.78, 5) is 10.7. The van der Waals surface area contributed by atoms with Crippen molar-refractivity contribution in [3.8, 4) is 0 Å². The summed E-state index contributed by atoms with van der Waals surface area (Å²) in [6.07, 6.45) is 0.771. The van der Waals surface area contributed by atoms with Crippen LogP contribution < -0.4 is 5.32 Å². The van der Waals surface area contributed by atoms with Crippen LogP contribution in [0.1, 0.15) is 6.42 Å². The highest BCUT2D eigenvalue weighted by Gasteiger charge is 2.36. The van der Waals surface area contributed by atoms with Crippen LogP contribution in [0.4, 0.5) is 0 Å². The SMILES string of the molecule is O=C(O)C1CNC2COCC2C1. The Hall–Kier alpha value is -0.610. The van der Waals surface area contributed by atoms with Gasteiger partial charge in [0.1, 0.15) is 0 Å². The molecule has 2 fully saturated rings. The van der Waals surface area contributed by atoms with Gasteiger partial charge in [0.2, 0.25) is 0 Å². The van der Waals surface area contributed by atoms with E-state index >= 15 is 0 Å². The molecule has 0 saturated carbocycles. The number of hydrogen-bond donors (Lipinski definition) is 2. The number of nitrogens with one attached hydrogen (secondary N) is 1. The first kappa shape index (κ1) is 8.01. The molecule has 0 radical (unpaired) electrons. The number of hydrogen-bond acceptors (Lipinski definition) is 3. The molecule has 3 unspecified atom stereocenters. The summed E-state index contributed by atoms with van der Waals surface area (Å²) in [5, 5.41) is 12.0. The maximum Gasteiger partial charge on any atom is 0.307 e. The topological polar surface area (TPSA) is 58.6 Å². The molecule has 2 aliphatic heterocycles. The smallest absolute Gasteiger partial charge is 0.307 e. The lowest BCUT2D eigenvalue weighted by Gasteiger charge is -2.29. The Bertz CT molecular complexity index is 195. The molecule has 0 aromatic heterocycles. The van der Waals surface area contributed by atoms with Crippen molar-refractivity contribution in [2.45, 2.75) is 12.5 Å². The number of piperidine rings is 1. The molecule has 2 heterocycles. The van der Waals surface area contributed by atoms with E-state index in [1.54, 1.807) is 0 Å². The number of ether oxygens (including phenoxy) is 1. The minimum Gasteiger partial charge on any atom is -0.481 e. The predicted octanol–water partition coefficient (Wildman–Crippen LogP) is -0.305. The van der Waals surface area contributed by atoms with Gasteiger partial charge in [0.05, 0.1) is 19.1 Å². The molecule has 4 nitrogen and oxygen atoms in total. The number of carboxylic acid groups (broad SMARTS) is 1. The monoisotopic (exact) mass is 171 g/mol. The predicted molar refractivity (Wildman–Crippen MR) is 41.8 cm³/mol. The highest BCUT2D eigenvalue weighted by molar-refractivity contribution is 5.70. The third-order valence-corrected chi connectivity index (χ3v) is 2.76. The first-order valence-electron chi connectivity index (χ1n) is 4.31. The molecule has 2 rings (SSSR count). The van der Waals surface area contributed by atoms with E-state index in [4.69, 9.17) is 9.84 Å². The Kier molecular flexibility index (Phi) is 2.02. The van der Waals surface area contributed by atoms with E-state index in [2.05, 4.69) is 5.32 Å². The molecule has 0 aromatic rings. The number of aliphatic carboxylic acids is 1. The summed E-state index contributed by atoms with van der Waals surface area (Å²) in [6, 6.07) is 0.403. The third-order valence-electron chi connectivity index (χ3n) is 2.76. The molecule has 4 heteroatoms. The molecule has 2 aliphatic rings. The lowest BCUT2D eigenvalue weighted by atomic mass is 9.87. The molecule has 3 atom stereocenters. The summed E-state index contributed by atoms with van der Waals surface area (Å²) < 4.78 is 5.26. The van der Waals surface area contributed by atoms with Crippen LogP contribution in [0.2, 0.25) is 0 Å².